The predicted molar refractivity (Wildman–Crippen MR) is 83.3 cm³/mol. The molecule has 0 spiro atoms. The normalized spacial score (nSPS) is 15.1. The van der Waals surface area contributed by atoms with Gasteiger partial charge in [0.05, 0.1) is 0 Å². The summed E-state index contributed by atoms with van der Waals surface area (Å²) in [5.74, 6) is 0.955. The molecule has 0 unspecified atom stereocenters. The predicted octanol–water partition coefficient (Wildman–Crippen LogP) is 4.26. The van der Waals surface area contributed by atoms with Gasteiger partial charge in [0.1, 0.15) is 12.4 Å². The molecular weight excluding hydrogens is 246 g/mol. The van der Waals surface area contributed by atoms with E-state index in [2.05, 4.69) is 35.2 Å². The van der Waals surface area contributed by atoms with Gasteiger partial charge in [-0.3, -0.25) is 0 Å². The highest BCUT2D eigenvalue weighted by Gasteiger charge is 2.11. The topological polar surface area (TPSA) is 12.5 Å². The lowest BCUT2D eigenvalue weighted by atomic mass is 10.1. The van der Waals surface area contributed by atoms with Crippen LogP contribution in [-0.2, 0) is 6.61 Å². The summed E-state index contributed by atoms with van der Waals surface area (Å²) >= 11 is 0. The minimum atomic E-state index is 0.629. The van der Waals surface area contributed by atoms with E-state index >= 15 is 0 Å². The van der Waals surface area contributed by atoms with Gasteiger partial charge in [0, 0.05) is 24.8 Å². The van der Waals surface area contributed by atoms with Gasteiger partial charge in [-0.15, -0.1) is 0 Å². The fourth-order valence-corrected chi connectivity index (χ4v) is 2.66. The summed E-state index contributed by atoms with van der Waals surface area (Å²) in [6.45, 7) is 2.97. The summed E-state index contributed by atoms with van der Waals surface area (Å²) in [5, 5.41) is 0. The molecule has 0 aromatic heterocycles. The van der Waals surface area contributed by atoms with Gasteiger partial charge in [0.25, 0.3) is 0 Å². The van der Waals surface area contributed by atoms with E-state index < -0.39 is 0 Å². The molecule has 0 N–H and O–H groups in total. The van der Waals surface area contributed by atoms with Crippen molar-refractivity contribution in [2.45, 2.75) is 25.9 Å². The summed E-state index contributed by atoms with van der Waals surface area (Å²) < 4.78 is 5.90. The van der Waals surface area contributed by atoms with Crippen LogP contribution in [0, 0.1) is 0 Å². The van der Waals surface area contributed by atoms with Gasteiger partial charge < -0.3 is 9.64 Å². The standard InChI is InChI=1S/C18H21NO/c1-3-8-16(9-4-1)15-20-18-11-7-10-17(14-18)19-12-5-2-6-13-19/h1,3-4,7-11,14H,2,5-6,12-13,15H2. The smallest absolute Gasteiger partial charge is 0.121 e. The Morgan fingerprint density at radius 3 is 2.45 bits per heavy atom. The number of nitrogens with zero attached hydrogens (tertiary/aromatic N) is 1. The van der Waals surface area contributed by atoms with Gasteiger partial charge in [0.2, 0.25) is 0 Å². The zero-order chi connectivity index (χ0) is 13.6. The zero-order valence-corrected chi connectivity index (χ0v) is 11.8. The van der Waals surface area contributed by atoms with Crippen molar-refractivity contribution in [3.8, 4) is 5.75 Å². The summed E-state index contributed by atoms with van der Waals surface area (Å²) in [5.41, 5.74) is 2.49. The molecule has 3 rings (SSSR count). The molecule has 2 heteroatoms. The Labute approximate surface area is 121 Å². The van der Waals surface area contributed by atoms with Crippen LogP contribution in [0.5, 0.6) is 5.75 Å². The van der Waals surface area contributed by atoms with Crippen molar-refractivity contribution in [2.24, 2.45) is 0 Å². The Balaban J connectivity index is 1.65. The van der Waals surface area contributed by atoms with Crippen LogP contribution in [0.1, 0.15) is 24.8 Å². The fourth-order valence-electron chi connectivity index (χ4n) is 2.66. The van der Waals surface area contributed by atoms with Gasteiger partial charge in [-0.05, 0) is 37.0 Å². The lowest BCUT2D eigenvalue weighted by Crippen LogP contribution is -2.29. The Morgan fingerprint density at radius 2 is 1.65 bits per heavy atom. The second kappa shape index (κ2) is 6.47. The first-order chi connectivity index (χ1) is 9.92. The highest BCUT2D eigenvalue weighted by atomic mass is 16.5. The average Bonchev–Trinajstić information content (AvgIpc) is 2.55. The first-order valence-corrected chi connectivity index (χ1v) is 7.43. The summed E-state index contributed by atoms with van der Waals surface area (Å²) in [7, 11) is 0. The SMILES string of the molecule is c1ccc(COc2cccc(N3CCCCC3)c2)cc1. The highest BCUT2D eigenvalue weighted by Crippen LogP contribution is 2.24. The Kier molecular flexibility index (Phi) is 4.22. The van der Waals surface area contributed by atoms with Crippen molar-refractivity contribution in [3.63, 3.8) is 0 Å². The molecule has 0 atom stereocenters. The van der Waals surface area contributed by atoms with Crippen molar-refractivity contribution in [2.75, 3.05) is 18.0 Å². The molecule has 0 aliphatic carbocycles. The van der Waals surface area contributed by atoms with Gasteiger partial charge in [0.15, 0.2) is 0 Å². The van der Waals surface area contributed by atoms with E-state index in [-0.39, 0.29) is 0 Å². The summed E-state index contributed by atoms with van der Waals surface area (Å²) in [6.07, 6.45) is 3.96. The molecule has 2 aromatic carbocycles. The minimum Gasteiger partial charge on any atom is -0.489 e. The Hall–Kier alpha value is -1.96. The number of piperidine rings is 1. The van der Waals surface area contributed by atoms with Crippen molar-refractivity contribution in [1.29, 1.82) is 0 Å². The van der Waals surface area contributed by atoms with Crippen LogP contribution in [0.15, 0.2) is 54.6 Å². The lowest BCUT2D eigenvalue weighted by molar-refractivity contribution is 0.306. The van der Waals surface area contributed by atoms with Crippen LogP contribution in [0.2, 0.25) is 0 Å². The second-order valence-electron chi connectivity index (χ2n) is 5.32. The molecule has 0 radical (unpaired) electrons. The monoisotopic (exact) mass is 267 g/mol. The van der Waals surface area contributed by atoms with Crippen molar-refractivity contribution in [1.82, 2.24) is 0 Å². The Morgan fingerprint density at radius 1 is 0.850 bits per heavy atom. The molecule has 2 nitrogen and oxygen atoms in total. The molecule has 1 fully saturated rings. The highest BCUT2D eigenvalue weighted by molar-refractivity contribution is 5.51. The molecule has 2 aromatic rings. The number of benzene rings is 2. The molecule has 1 saturated heterocycles. The van der Waals surface area contributed by atoms with Crippen molar-refractivity contribution in [3.05, 3.63) is 60.2 Å². The van der Waals surface area contributed by atoms with Crippen molar-refractivity contribution < 1.29 is 4.74 Å². The van der Waals surface area contributed by atoms with Crippen LogP contribution in [-0.4, -0.2) is 13.1 Å². The average molecular weight is 267 g/mol. The third kappa shape index (κ3) is 3.32. The molecule has 1 aliphatic rings. The van der Waals surface area contributed by atoms with Crippen LogP contribution in [0.4, 0.5) is 5.69 Å². The molecule has 1 aliphatic heterocycles. The molecule has 1 heterocycles. The van der Waals surface area contributed by atoms with Gasteiger partial charge in [-0.25, -0.2) is 0 Å². The number of ether oxygens (including phenoxy) is 1. The molecule has 0 bridgehead atoms. The van der Waals surface area contributed by atoms with Crippen LogP contribution in [0.3, 0.4) is 0 Å². The van der Waals surface area contributed by atoms with Gasteiger partial charge in [-0.2, -0.15) is 0 Å². The maximum atomic E-state index is 5.90. The summed E-state index contributed by atoms with van der Waals surface area (Å²) in [6, 6.07) is 18.8. The first kappa shape index (κ1) is 13.0. The molecule has 104 valence electrons. The fraction of sp³-hybridized carbons (Fsp3) is 0.333. The number of hydrogen-bond donors (Lipinski definition) is 0. The maximum Gasteiger partial charge on any atom is 0.121 e. The van der Waals surface area contributed by atoms with E-state index in [9.17, 15) is 0 Å². The van der Waals surface area contributed by atoms with E-state index in [1.165, 1.54) is 43.6 Å². The lowest BCUT2D eigenvalue weighted by Gasteiger charge is -2.29. The van der Waals surface area contributed by atoms with E-state index in [1.54, 1.807) is 0 Å². The maximum absolute atomic E-state index is 5.90. The summed E-state index contributed by atoms with van der Waals surface area (Å²) in [4.78, 5) is 2.46. The van der Waals surface area contributed by atoms with E-state index in [4.69, 9.17) is 4.74 Å². The molecule has 0 saturated carbocycles. The Bertz CT molecular complexity index is 532. The van der Waals surface area contributed by atoms with Crippen LogP contribution in [0.25, 0.3) is 0 Å². The van der Waals surface area contributed by atoms with Gasteiger partial charge >= 0.3 is 0 Å². The minimum absolute atomic E-state index is 0.629. The quantitative estimate of drug-likeness (QED) is 0.821. The molecular formula is C18H21NO. The second-order valence-corrected chi connectivity index (χ2v) is 5.32. The molecule has 20 heavy (non-hydrogen) atoms. The number of hydrogen-bond acceptors (Lipinski definition) is 2. The zero-order valence-electron chi connectivity index (χ0n) is 11.8. The third-order valence-electron chi connectivity index (χ3n) is 3.79. The number of rotatable bonds is 4. The largest absolute Gasteiger partial charge is 0.489 e. The number of anilines is 1. The van der Waals surface area contributed by atoms with E-state index in [0.717, 1.165) is 5.75 Å². The van der Waals surface area contributed by atoms with Crippen molar-refractivity contribution >= 4 is 5.69 Å². The first-order valence-electron chi connectivity index (χ1n) is 7.43. The van der Waals surface area contributed by atoms with E-state index in [0.29, 0.717) is 6.61 Å². The van der Waals surface area contributed by atoms with E-state index in [1.807, 2.05) is 24.3 Å². The van der Waals surface area contributed by atoms with Gasteiger partial charge in [-0.1, -0.05) is 36.4 Å². The van der Waals surface area contributed by atoms with Crippen LogP contribution < -0.4 is 9.64 Å². The molecule has 0 amide bonds. The third-order valence-corrected chi connectivity index (χ3v) is 3.79. The van der Waals surface area contributed by atoms with Crippen LogP contribution >= 0.6 is 0 Å².